The predicted molar refractivity (Wildman–Crippen MR) is 65.6 cm³/mol. The van der Waals surface area contributed by atoms with Crippen molar-refractivity contribution < 1.29 is 14.6 Å². The van der Waals surface area contributed by atoms with Gasteiger partial charge >= 0.3 is 5.97 Å². The van der Waals surface area contributed by atoms with Gasteiger partial charge in [0.2, 0.25) is 0 Å². The Morgan fingerprint density at radius 2 is 2.12 bits per heavy atom. The number of carbonyl (C=O) groups excluding carboxylic acids is 1. The van der Waals surface area contributed by atoms with Crippen LogP contribution in [0, 0.1) is 0 Å². The summed E-state index contributed by atoms with van der Waals surface area (Å²) in [5.41, 5.74) is 7.00. The molecule has 0 aliphatic heterocycles. The Morgan fingerprint density at radius 1 is 1.47 bits per heavy atom. The normalized spacial score (nSPS) is 14.1. The molecule has 0 saturated carbocycles. The van der Waals surface area contributed by atoms with E-state index in [2.05, 4.69) is 0 Å². The SMILES string of the molecule is CCC[C@H](O)[C@H](N)c1ccccc1C(=O)OC. The highest BCUT2D eigenvalue weighted by atomic mass is 16.5. The van der Waals surface area contributed by atoms with E-state index in [-0.39, 0.29) is 0 Å². The molecule has 1 aromatic carbocycles. The van der Waals surface area contributed by atoms with E-state index in [0.29, 0.717) is 17.5 Å². The van der Waals surface area contributed by atoms with Crippen LogP contribution in [0.15, 0.2) is 24.3 Å². The molecule has 4 nitrogen and oxygen atoms in total. The summed E-state index contributed by atoms with van der Waals surface area (Å²) in [6, 6.07) is 6.37. The molecule has 0 aliphatic carbocycles. The van der Waals surface area contributed by atoms with E-state index in [4.69, 9.17) is 10.5 Å². The highest BCUT2D eigenvalue weighted by molar-refractivity contribution is 5.91. The monoisotopic (exact) mass is 237 g/mol. The lowest BCUT2D eigenvalue weighted by atomic mass is 9.95. The molecule has 0 bridgehead atoms. The molecule has 4 heteroatoms. The van der Waals surface area contributed by atoms with Crippen LogP contribution in [0.5, 0.6) is 0 Å². The lowest BCUT2D eigenvalue weighted by Gasteiger charge is -2.20. The van der Waals surface area contributed by atoms with Crippen LogP contribution in [-0.4, -0.2) is 24.3 Å². The molecule has 0 unspecified atom stereocenters. The van der Waals surface area contributed by atoms with Gasteiger partial charge in [-0.05, 0) is 18.1 Å². The van der Waals surface area contributed by atoms with Crippen molar-refractivity contribution in [3.8, 4) is 0 Å². The van der Waals surface area contributed by atoms with E-state index in [0.717, 1.165) is 6.42 Å². The van der Waals surface area contributed by atoms with E-state index in [1.165, 1.54) is 7.11 Å². The summed E-state index contributed by atoms with van der Waals surface area (Å²) in [5.74, 6) is -0.431. The molecule has 0 heterocycles. The van der Waals surface area contributed by atoms with E-state index < -0.39 is 18.1 Å². The highest BCUT2D eigenvalue weighted by Crippen LogP contribution is 2.21. The number of aliphatic hydroxyl groups is 1. The van der Waals surface area contributed by atoms with Gasteiger partial charge in [-0.1, -0.05) is 31.5 Å². The summed E-state index contributed by atoms with van der Waals surface area (Å²) in [5, 5.41) is 9.87. The molecule has 2 atom stereocenters. The second-order valence-electron chi connectivity index (χ2n) is 3.96. The molecule has 0 aliphatic rings. The Labute approximate surface area is 101 Å². The third kappa shape index (κ3) is 3.28. The van der Waals surface area contributed by atoms with Crippen molar-refractivity contribution in [2.24, 2.45) is 5.73 Å². The van der Waals surface area contributed by atoms with E-state index in [1.807, 2.05) is 6.92 Å². The van der Waals surface area contributed by atoms with Crippen LogP contribution in [0.4, 0.5) is 0 Å². The summed E-state index contributed by atoms with van der Waals surface area (Å²) >= 11 is 0. The lowest BCUT2D eigenvalue weighted by Crippen LogP contribution is -2.27. The minimum absolute atomic E-state index is 0.414. The minimum atomic E-state index is -0.647. The van der Waals surface area contributed by atoms with Crippen LogP contribution in [0.3, 0.4) is 0 Å². The zero-order valence-corrected chi connectivity index (χ0v) is 10.2. The Morgan fingerprint density at radius 3 is 2.71 bits per heavy atom. The molecule has 3 N–H and O–H groups in total. The molecule has 0 fully saturated rings. The molecule has 1 rings (SSSR count). The molecule has 94 valence electrons. The van der Waals surface area contributed by atoms with Crippen molar-refractivity contribution in [3.05, 3.63) is 35.4 Å². The van der Waals surface area contributed by atoms with Crippen LogP contribution < -0.4 is 5.73 Å². The Bertz CT molecular complexity index is 379. The molecule has 17 heavy (non-hydrogen) atoms. The first-order valence-corrected chi connectivity index (χ1v) is 5.72. The van der Waals surface area contributed by atoms with Gasteiger partial charge in [0.1, 0.15) is 0 Å². The topological polar surface area (TPSA) is 72.5 Å². The van der Waals surface area contributed by atoms with Crippen molar-refractivity contribution in [1.29, 1.82) is 0 Å². The number of ether oxygens (including phenoxy) is 1. The summed E-state index contributed by atoms with van der Waals surface area (Å²) < 4.78 is 4.69. The Hall–Kier alpha value is -1.39. The van der Waals surface area contributed by atoms with Gasteiger partial charge in [0.15, 0.2) is 0 Å². The third-order valence-electron chi connectivity index (χ3n) is 2.72. The van der Waals surface area contributed by atoms with Crippen LogP contribution >= 0.6 is 0 Å². The van der Waals surface area contributed by atoms with Crippen molar-refractivity contribution in [2.45, 2.75) is 31.9 Å². The highest BCUT2D eigenvalue weighted by Gasteiger charge is 2.21. The van der Waals surface area contributed by atoms with Crippen LogP contribution in [-0.2, 0) is 4.74 Å². The number of rotatable bonds is 5. The van der Waals surface area contributed by atoms with Gasteiger partial charge in [0.25, 0.3) is 0 Å². The second kappa shape index (κ2) is 6.37. The van der Waals surface area contributed by atoms with Crippen LogP contribution in [0.1, 0.15) is 41.7 Å². The fraction of sp³-hybridized carbons (Fsp3) is 0.462. The van der Waals surface area contributed by atoms with Crippen LogP contribution in [0.2, 0.25) is 0 Å². The van der Waals surface area contributed by atoms with Gasteiger partial charge in [-0.2, -0.15) is 0 Å². The number of hydrogen-bond donors (Lipinski definition) is 2. The summed E-state index contributed by atoms with van der Waals surface area (Å²) in [6.07, 6.45) is 0.803. The van der Waals surface area contributed by atoms with Crippen molar-refractivity contribution in [3.63, 3.8) is 0 Å². The predicted octanol–water partition coefficient (Wildman–Crippen LogP) is 1.63. The average molecular weight is 237 g/mol. The van der Waals surface area contributed by atoms with Gasteiger partial charge in [0, 0.05) is 0 Å². The maximum Gasteiger partial charge on any atom is 0.338 e. The standard InChI is InChI=1S/C13H19NO3/c1-3-6-11(15)12(14)9-7-4-5-8-10(9)13(16)17-2/h4-5,7-8,11-12,15H,3,6,14H2,1-2H3/t11-,12+/m0/s1. The smallest absolute Gasteiger partial charge is 0.338 e. The lowest BCUT2D eigenvalue weighted by molar-refractivity contribution is 0.0596. The van der Waals surface area contributed by atoms with Crippen LogP contribution in [0.25, 0.3) is 0 Å². The second-order valence-corrected chi connectivity index (χ2v) is 3.96. The summed E-state index contributed by atoms with van der Waals surface area (Å²) in [4.78, 5) is 11.6. The number of nitrogens with two attached hydrogens (primary N) is 1. The molecule has 0 saturated heterocycles. The summed E-state index contributed by atoms with van der Waals surface area (Å²) in [7, 11) is 1.33. The van der Waals surface area contributed by atoms with Crippen molar-refractivity contribution >= 4 is 5.97 Å². The van der Waals surface area contributed by atoms with E-state index >= 15 is 0 Å². The van der Waals surface area contributed by atoms with Crippen molar-refractivity contribution in [1.82, 2.24) is 0 Å². The third-order valence-corrected chi connectivity index (χ3v) is 2.72. The number of benzene rings is 1. The first-order valence-electron chi connectivity index (χ1n) is 5.72. The largest absolute Gasteiger partial charge is 0.465 e. The zero-order chi connectivity index (χ0) is 12.8. The molecule has 0 amide bonds. The van der Waals surface area contributed by atoms with Gasteiger partial charge in [-0.25, -0.2) is 4.79 Å². The quantitative estimate of drug-likeness (QED) is 0.763. The molecular weight excluding hydrogens is 218 g/mol. The van der Waals surface area contributed by atoms with E-state index in [1.54, 1.807) is 24.3 Å². The van der Waals surface area contributed by atoms with Gasteiger partial charge in [0.05, 0.1) is 24.8 Å². The molecular formula is C13H19NO3. The van der Waals surface area contributed by atoms with E-state index in [9.17, 15) is 9.90 Å². The number of esters is 1. The molecule has 0 aromatic heterocycles. The van der Waals surface area contributed by atoms with Gasteiger partial charge in [-0.15, -0.1) is 0 Å². The number of methoxy groups -OCH3 is 1. The van der Waals surface area contributed by atoms with Gasteiger partial charge < -0.3 is 15.6 Å². The molecule has 0 radical (unpaired) electrons. The first-order chi connectivity index (χ1) is 8.11. The fourth-order valence-electron chi connectivity index (χ4n) is 1.77. The molecule has 0 spiro atoms. The summed E-state index contributed by atoms with van der Waals surface area (Å²) in [6.45, 7) is 1.97. The number of aliphatic hydroxyl groups excluding tert-OH is 1. The fourth-order valence-corrected chi connectivity index (χ4v) is 1.77. The average Bonchev–Trinajstić information content (AvgIpc) is 2.37. The van der Waals surface area contributed by atoms with Gasteiger partial charge in [-0.3, -0.25) is 0 Å². The minimum Gasteiger partial charge on any atom is -0.465 e. The molecule has 1 aromatic rings. The maximum absolute atomic E-state index is 11.6. The zero-order valence-electron chi connectivity index (χ0n) is 10.2. The number of carbonyl (C=O) groups is 1. The van der Waals surface area contributed by atoms with Crippen molar-refractivity contribution in [2.75, 3.05) is 7.11 Å². The Balaban J connectivity index is 3.00. The first kappa shape index (κ1) is 13.7. The Kier molecular flexibility index (Phi) is 5.12. The number of hydrogen-bond acceptors (Lipinski definition) is 4. The maximum atomic E-state index is 11.6.